The zero-order valence-corrected chi connectivity index (χ0v) is 8.48. The van der Waals surface area contributed by atoms with Crippen molar-refractivity contribution in [1.29, 1.82) is 0 Å². The van der Waals surface area contributed by atoms with Crippen LogP contribution >= 0.6 is 0 Å². The van der Waals surface area contributed by atoms with Crippen LogP contribution in [0.3, 0.4) is 0 Å². The monoisotopic (exact) mass is 199 g/mol. The van der Waals surface area contributed by atoms with E-state index in [2.05, 4.69) is 11.9 Å². The molecule has 2 aliphatic heterocycles. The molecule has 1 amide bonds. The molecule has 2 N–H and O–H groups in total. The maximum Gasteiger partial charge on any atom is 0.410 e. The molecule has 2 aliphatic rings. The molecule has 14 heavy (non-hydrogen) atoms. The Hall–Kier alpha value is -0.810. The fourth-order valence-corrected chi connectivity index (χ4v) is 2.13. The quantitative estimate of drug-likeness (QED) is 0.649. The third-order valence-electron chi connectivity index (χ3n) is 2.97. The molecular formula is C9H17N3O2. The lowest BCUT2D eigenvalue weighted by atomic mass is 10.2. The van der Waals surface area contributed by atoms with Gasteiger partial charge in [-0.25, -0.2) is 4.79 Å². The van der Waals surface area contributed by atoms with Crippen molar-refractivity contribution in [2.24, 2.45) is 5.73 Å². The molecule has 2 fully saturated rings. The highest BCUT2D eigenvalue weighted by Crippen LogP contribution is 2.20. The van der Waals surface area contributed by atoms with Crippen LogP contribution in [-0.2, 0) is 4.74 Å². The van der Waals surface area contributed by atoms with Crippen molar-refractivity contribution in [3.8, 4) is 0 Å². The van der Waals surface area contributed by atoms with Gasteiger partial charge in [0.25, 0.3) is 0 Å². The van der Waals surface area contributed by atoms with Crippen LogP contribution in [0, 0.1) is 0 Å². The van der Waals surface area contributed by atoms with Crippen molar-refractivity contribution in [3.05, 3.63) is 0 Å². The number of ether oxygens (including phenoxy) is 1. The van der Waals surface area contributed by atoms with Crippen LogP contribution in [-0.4, -0.2) is 61.3 Å². The highest BCUT2D eigenvalue weighted by Gasteiger charge is 2.37. The average molecular weight is 199 g/mol. The summed E-state index contributed by atoms with van der Waals surface area (Å²) >= 11 is 0. The molecule has 0 saturated carbocycles. The number of likely N-dealkylation sites (tertiary alicyclic amines) is 1. The first-order valence-corrected chi connectivity index (χ1v) is 5.06. The smallest absolute Gasteiger partial charge is 0.410 e. The van der Waals surface area contributed by atoms with Gasteiger partial charge >= 0.3 is 6.09 Å². The van der Waals surface area contributed by atoms with Crippen LogP contribution in [0.15, 0.2) is 0 Å². The number of cyclic esters (lactones) is 1. The molecule has 5 nitrogen and oxygen atoms in total. The van der Waals surface area contributed by atoms with Crippen molar-refractivity contribution in [2.45, 2.75) is 18.6 Å². The lowest BCUT2D eigenvalue weighted by Crippen LogP contribution is -2.38. The number of amides is 1. The molecule has 2 unspecified atom stereocenters. The Morgan fingerprint density at radius 1 is 1.57 bits per heavy atom. The van der Waals surface area contributed by atoms with E-state index >= 15 is 0 Å². The standard InChI is InChI=1S/C9H17N3O2/c1-11-3-2-7(5-11)12-6-8(4-10)14-9(12)13/h7-8H,2-6,10H2,1H3. The van der Waals surface area contributed by atoms with Crippen LogP contribution in [0.4, 0.5) is 4.79 Å². The molecule has 0 aromatic heterocycles. The first kappa shape index (κ1) is 9.73. The van der Waals surface area contributed by atoms with Gasteiger partial charge in [0.15, 0.2) is 0 Å². The largest absolute Gasteiger partial charge is 0.443 e. The SMILES string of the molecule is CN1CCC(N2CC(CN)OC2=O)C1. The second-order valence-corrected chi connectivity index (χ2v) is 4.10. The minimum Gasteiger partial charge on any atom is -0.443 e. The van der Waals surface area contributed by atoms with E-state index < -0.39 is 0 Å². The summed E-state index contributed by atoms with van der Waals surface area (Å²) in [4.78, 5) is 15.5. The summed E-state index contributed by atoms with van der Waals surface area (Å²) < 4.78 is 5.11. The van der Waals surface area contributed by atoms with Crippen molar-refractivity contribution >= 4 is 6.09 Å². The van der Waals surface area contributed by atoms with Crippen LogP contribution in [0.25, 0.3) is 0 Å². The van der Waals surface area contributed by atoms with Crippen molar-refractivity contribution in [1.82, 2.24) is 9.80 Å². The molecule has 2 rings (SSSR count). The number of carbonyl (C=O) groups is 1. The lowest BCUT2D eigenvalue weighted by molar-refractivity contribution is 0.130. The molecule has 2 atom stereocenters. The molecule has 0 aromatic rings. The fourth-order valence-electron chi connectivity index (χ4n) is 2.13. The summed E-state index contributed by atoms with van der Waals surface area (Å²) in [6.45, 7) is 3.09. The molecule has 2 heterocycles. The van der Waals surface area contributed by atoms with E-state index in [0.717, 1.165) is 19.5 Å². The predicted octanol–water partition coefficient (Wildman–Crippen LogP) is -0.530. The third-order valence-corrected chi connectivity index (χ3v) is 2.97. The van der Waals surface area contributed by atoms with Gasteiger partial charge in [-0.3, -0.25) is 0 Å². The highest BCUT2D eigenvalue weighted by molar-refractivity contribution is 5.70. The van der Waals surface area contributed by atoms with Gasteiger partial charge in [-0.2, -0.15) is 0 Å². The van der Waals surface area contributed by atoms with Crippen molar-refractivity contribution in [3.63, 3.8) is 0 Å². The summed E-state index contributed by atoms with van der Waals surface area (Å²) in [6, 6.07) is 0.323. The van der Waals surface area contributed by atoms with E-state index in [9.17, 15) is 4.79 Å². The number of nitrogens with two attached hydrogens (primary N) is 1. The molecule has 0 aliphatic carbocycles. The number of carbonyl (C=O) groups excluding carboxylic acids is 1. The van der Waals surface area contributed by atoms with Crippen LogP contribution in [0.1, 0.15) is 6.42 Å². The van der Waals surface area contributed by atoms with Crippen LogP contribution < -0.4 is 5.73 Å². The summed E-state index contributed by atoms with van der Waals surface area (Å²) in [6.07, 6.45) is 0.747. The summed E-state index contributed by atoms with van der Waals surface area (Å²) in [7, 11) is 2.07. The first-order chi connectivity index (χ1) is 6.70. The Labute approximate surface area is 83.8 Å². The van der Waals surface area contributed by atoms with Crippen molar-refractivity contribution in [2.75, 3.05) is 33.2 Å². The summed E-state index contributed by atoms with van der Waals surface area (Å²) in [5.74, 6) is 0. The zero-order chi connectivity index (χ0) is 10.1. The molecule has 0 aromatic carbocycles. The molecule has 0 radical (unpaired) electrons. The predicted molar refractivity (Wildman–Crippen MR) is 51.9 cm³/mol. The molecule has 5 heteroatoms. The lowest BCUT2D eigenvalue weighted by Gasteiger charge is -2.20. The van der Waals surface area contributed by atoms with Gasteiger partial charge in [0.2, 0.25) is 0 Å². The topological polar surface area (TPSA) is 58.8 Å². The van der Waals surface area contributed by atoms with Gasteiger partial charge in [-0.15, -0.1) is 0 Å². The number of likely N-dealkylation sites (N-methyl/N-ethyl adjacent to an activating group) is 1. The summed E-state index contributed by atoms with van der Waals surface area (Å²) in [5.41, 5.74) is 5.47. The highest BCUT2D eigenvalue weighted by atomic mass is 16.6. The minimum atomic E-state index is -0.194. The maximum absolute atomic E-state index is 11.5. The number of hydrogen-bond donors (Lipinski definition) is 1. The van der Waals surface area contributed by atoms with E-state index in [4.69, 9.17) is 10.5 Å². The zero-order valence-electron chi connectivity index (χ0n) is 8.48. The van der Waals surface area contributed by atoms with Crippen LogP contribution in [0.2, 0.25) is 0 Å². The second kappa shape index (κ2) is 3.74. The van der Waals surface area contributed by atoms with Gasteiger partial charge in [0.05, 0.1) is 6.54 Å². The molecule has 2 saturated heterocycles. The second-order valence-electron chi connectivity index (χ2n) is 4.10. The van der Waals surface area contributed by atoms with Crippen molar-refractivity contribution < 1.29 is 9.53 Å². The normalized spacial score (nSPS) is 33.9. The average Bonchev–Trinajstić information content (AvgIpc) is 2.71. The molecular weight excluding hydrogens is 182 g/mol. The summed E-state index contributed by atoms with van der Waals surface area (Å²) in [5, 5.41) is 0. The van der Waals surface area contributed by atoms with E-state index in [-0.39, 0.29) is 12.2 Å². The number of nitrogens with zero attached hydrogens (tertiary/aromatic N) is 2. The Morgan fingerprint density at radius 3 is 2.86 bits per heavy atom. The van der Waals surface area contributed by atoms with E-state index in [0.29, 0.717) is 19.1 Å². The Bertz CT molecular complexity index is 234. The molecule has 80 valence electrons. The number of hydrogen-bond acceptors (Lipinski definition) is 4. The van der Waals surface area contributed by atoms with Gasteiger partial charge in [0.1, 0.15) is 6.10 Å². The van der Waals surface area contributed by atoms with Gasteiger partial charge in [0, 0.05) is 19.1 Å². The van der Waals surface area contributed by atoms with Crippen LogP contribution in [0.5, 0.6) is 0 Å². The molecule has 0 spiro atoms. The van der Waals surface area contributed by atoms with E-state index in [1.54, 1.807) is 0 Å². The maximum atomic E-state index is 11.5. The number of rotatable bonds is 2. The Kier molecular flexibility index (Phi) is 2.60. The van der Waals surface area contributed by atoms with Gasteiger partial charge in [-0.1, -0.05) is 0 Å². The Balaban J connectivity index is 1.95. The van der Waals surface area contributed by atoms with E-state index in [1.165, 1.54) is 0 Å². The van der Waals surface area contributed by atoms with E-state index in [1.807, 2.05) is 4.90 Å². The fraction of sp³-hybridized carbons (Fsp3) is 0.889. The third kappa shape index (κ3) is 1.69. The molecule has 0 bridgehead atoms. The van der Waals surface area contributed by atoms with Gasteiger partial charge in [-0.05, 0) is 20.0 Å². The minimum absolute atomic E-state index is 0.103. The Morgan fingerprint density at radius 2 is 2.36 bits per heavy atom. The van der Waals surface area contributed by atoms with Gasteiger partial charge < -0.3 is 20.3 Å². The first-order valence-electron chi connectivity index (χ1n) is 5.06.